The van der Waals surface area contributed by atoms with E-state index in [1.54, 1.807) is 0 Å². The number of benzene rings is 3. The molecular formula is C23H26NO2+. The van der Waals surface area contributed by atoms with E-state index in [0.717, 1.165) is 23.4 Å². The van der Waals surface area contributed by atoms with E-state index in [1.807, 2.05) is 67.6 Å². The first-order valence-electron chi connectivity index (χ1n) is 9.04. The molecular weight excluding hydrogens is 322 g/mol. The Morgan fingerprint density at radius 3 is 2.23 bits per heavy atom. The number of aliphatic hydroxyl groups is 1. The zero-order valence-electron chi connectivity index (χ0n) is 15.1. The lowest BCUT2D eigenvalue weighted by atomic mass is 10.0. The van der Waals surface area contributed by atoms with Crippen LogP contribution in [0.2, 0.25) is 0 Å². The van der Waals surface area contributed by atoms with Crippen LogP contribution in [0.3, 0.4) is 0 Å². The van der Waals surface area contributed by atoms with Gasteiger partial charge < -0.3 is 15.2 Å². The number of rotatable bonds is 8. The zero-order valence-corrected chi connectivity index (χ0v) is 15.1. The molecule has 2 atom stereocenters. The maximum absolute atomic E-state index is 10.5. The molecule has 0 spiro atoms. The molecule has 3 N–H and O–H groups in total. The molecule has 0 aliphatic rings. The molecule has 0 amide bonds. The number of nitrogens with two attached hydrogens (primary N) is 1. The van der Waals surface area contributed by atoms with Crippen LogP contribution < -0.4 is 10.1 Å². The van der Waals surface area contributed by atoms with Crippen LogP contribution in [-0.2, 0) is 13.2 Å². The largest absolute Gasteiger partial charge is 0.489 e. The molecule has 134 valence electrons. The first-order chi connectivity index (χ1) is 12.7. The Balaban J connectivity index is 1.53. The fourth-order valence-electron chi connectivity index (χ4n) is 2.91. The highest BCUT2D eigenvalue weighted by atomic mass is 16.5. The predicted molar refractivity (Wildman–Crippen MR) is 104 cm³/mol. The second-order valence-corrected chi connectivity index (χ2v) is 6.58. The molecule has 0 fully saturated rings. The topological polar surface area (TPSA) is 46.1 Å². The molecule has 3 heteroatoms. The van der Waals surface area contributed by atoms with Gasteiger partial charge in [-0.3, -0.25) is 0 Å². The molecule has 0 saturated heterocycles. The number of quaternary nitrogens is 1. The van der Waals surface area contributed by atoms with Crippen molar-refractivity contribution in [3.05, 3.63) is 102 Å². The van der Waals surface area contributed by atoms with Gasteiger partial charge in [0.2, 0.25) is 0 Å². The Morgan fingerprint density at radius 2 is 1.50 bits per heavy atom. The fraction of sp³-hybridized carbons (Fsp3) is 0.217. The van der Waals surface area contributed by atoms with Gasteiger partial charge in [-0.15, -0.1) is 0 Å². The molecule has 0 radical (unpaired) electrons. The zero-order chi connectivity index (χ0) is 18.2. The summed E-state index contributed by atoms with van der Waals surface area (Å²) in [7, 11) is 0. The predicted octanol–water partition coefficient (Wildman–Crippen LogP) is 3.45. The SMILES string of the molecule is C[C@H]([NH2+]Cc1cccc(OCc2ccccc2)c1)[C@H](O)c1ccccc1. The molecule has 0 saturated carbocycles. The van der Waals surface area contributed by atoms with Crippen LogP contribution in [0.4, 0.5) is 0 Å². The normalized spacial score (nSPS) is 13.2. The number of aliphatic hydroxyl groups excluding tert-OH is 1. The van der Waals surface area contributed by atoms with Crippen molar-refractivity contribution in [1.29, 1.82) is 0 Å². The maximum atomic E-state index is 10.5. The van der Waals surface area contributed by atoms with E-state index >= 15 is 0 Å². The molecule has 26 heavy (non-hydrogen) atoms. The summed E-state index contributed by atoms with van der Waals surface area (Å²) < 4.78 is 5.89. The highest BCUT2D eigenvalue weighted by Crippen LogP contribution is 2.16. The summed E-state index contributed by atoms with van der Waals surface area (Å²) in [5.74, 6) is 0.871. The van der Waals surface area contributed by atoms with Gasteiger partial charge in [0.25, 0.3) is 0 Å². The van der Waals surface area contributed by atoms with Crippen molar-refractivity contribution >= 4 is 0 Å². The third kappa shape index (κ3) is 5.19. The van der Waals surface area contributed by atoms with Gasteiger partial charge in [0.05, 0.1) is 0 Å². The third-order valence-electron chi connectivity index (χ3n) is 4.51. The van der Waals surface area contributed by atoms with Crippen molar-refractivity contribution < 1.29 is 15.2 Å². The van der Waals surface area contributed by atoms with Gasteiger partial charge in [0.1, 0.15) is 31.0 Å². The minimum Gasteiger partial charge on any atom is -0.489 e. The molecule has 3 aromatic rings. The molecule has 0 heterocycles. The van der Waals surface area contributed by atoms with Crippen molar-refractivity contribution in [3.63, 3.8) is 0 Å². The second-order valence-electron chi connectivity index (χ2n) is 6.58. The van der Waals surface area contributed by atoms with E-state index in [2.05, 4.69) is 29.6 Å². The third-order valence-corrected chi connectivity index (χ3v) is 4.51. The standard InChI is InChI=1S/C23H25NO2/c1-18(23(25)21-12-6-3-7-13-21)24-16-20-11-8-14-22(15-20)26-17-19-9-4-2-5-10-19/h2-15,18,23-25H,16-17H2,1H3/p+1/t18-,23-/m0/s1. The molecule has 3 aromatic carbocycles. The van der Waals surface area contributed by atoms with E-state index in [-0.39, 0.29) is 6.04 Å². The summed E-state index contributed by atoms with van der Waals surface area (Å²) in [6.45, 7) is 3.41. The summed E-state index contributed by atoms with van der Waals surface area (Å²) in [6.07, 6.45) is -0.478. The Labute approximate surface area is 155 Å². The average molecular weight is 348 g/mol. The number of hydrogen-bond acceptors (Lipinski definition) is 2. The lowest BCUT2D eigenvalue weighted by Gasteiger charge is -2.18. The summed E-state index contributed by atoms with van der Waals surface area (Å²) in [5.41, 5.74) is 3.29. The summed E-state index contributed by atoms with van der Waals surface area (Å²) >= 11 is 0. The van der Waals surface area contributed by atoms with E-state index in [0.29, 0.717) is 6.61 Å². The van der Waals surface area contributed by atoms with Gasteiger partial charge >= 0.3 is 0 Å². The Bertz CT molecular complexity index is 790. The van der Waals surface area contributed by atoms with Gasteiger partial charge in [0.15, 0.2) is 0 Å². The Kier molecular flexibility index (Phi) is 6.42. The van der Waals surface area contributed by atoms with Crippen molar-refractivity contribution in [1.82, 2.24) is 0 Å². The molecule has 0 unspecified atom stereocenters. The van der Waals surface area contributed by atoms with E-state index in [9.17, 15) is 5.11 Å². The van der Waals surface area contributed by atoms with Gasteiger partial charge in [0, 0.05) is 5.56 Å². The lowest BCUT2D eigenvalue weighted by Crippen LogP contribution is -2.88. The Morgan fingerprint density at radius 1 is 0.846 bits per heavy atom. The molecule has 0 aromatic heterocycles. The summed E-state index contributed by atoms with van der Waals surface area (Å²) in [6, 6.07) is 28.2. The second kappa shape index (κ2) is 9.18. The molecule has 3 nitrogen and oxygen atoms in total. The highest BCUT2D eigenvalue weighted by Gasteiger charge is 2.18. The van der Waals surface area contributed by atoms with E-state index in [1.165, 1.54) is 5.56 Å². The number of ether oxygens (including phenoxy) is 1. The molecule has 0 aliphatic heterocycles. The average Bonchev–Trinajstić information content (AvgIpc) is 2.71. The van der Waals surface area contributed by atoms with Crippen LogP contribution in [0.5, 0.6) is 5.75 Å². The van der Waals surface area contributed by atoms with Gasteiger partial charge in [-0.25, -0.2) is 0 Å². The van der Waals surface area contributed by atoms with Gasteiger partial charge in [-0.2, -0.15) is 0 Å². The van der Waals surface area contributed by atoms with Crippen LogP contribution in [-0.4, -0.2) is 11.1 Å². The van der Waals surface area contributed by atoms with E-state index < -0.39 is 6.10 Å². The smallest absolute Gasteiger partial charge is 0.130 e. The van der Waals surface area contributed by atoms with Gasteiger partial charge in [-0.1, -0.05) is 72.8 Å². The molecule has 3 rings (SSSR count). The molecule has 0 aliphatic carbocycles. The van der Waals surface area contributed by atoms with Crippen LogP contribution in [0.15, 0.2) is 84.9 Å². The highest BCUT2D eigenvalue weighted by molar-refractivity contribution is 5.28. The van der Waals surface area contributed by atoms with Crippen molar-refractivity contribution in [2.75, 3.05) is 0 Å². The fourth-order valence-corrected chi connectivity index (χ4v) is 2.91. The van der Waals surface area contributed by atoms with Crippen LogP contribution >= 0.6 is 0 Å². The van der Waals surface area contributed by atoms with Crippen LogP contribution in [0.1, 0.15) is 29.7 Å². The molecule has 0 bridgehead atoms. The van der Waals surface area contributed by atoms with Crippen molar-refractivity contribution in [2.24, 2.45) is 0 Å². The monoisotopic (exact) mass is 348 g/mol. The van der Waals surface area contributed by atoms with E-state index in [4.69, 9.17) is 4.74 Å². The first kappa shape index (κ1) is 18.2. The summed E-state index contributed by atoms with van der Waals surface area (Å²) in [5, 5.41) is 12.6. The van der Waals surface area contributed by atoms with Crippen LogP contribution in [0.25, 0.3) is 0 Å². The number of hydrogen-bond donors (Lipinski definition) is 2. The minimum absolute atomic E-state index is 0.0753. The van der Waals surface area contributed by atoms with Crippen molar-refractivity contribution in [3.8, 4) is 5.75 Å². The maximum Gasteiger partial charge on any atom is 0.130 e. The quantitative estimate of drug-likeness (QED) is 0.655. The first-order valence-corrected chi connectivity index (χ1v) is 9.04. The van der Waals surface area contributed by atoms with Crippen LogP contribution in [0, 0.1) is 0 Å². The minimum atomic E-state index is -0.478. The van der Waals surface area contributed by atoms with Gasteiger partial charge in [-0.05, 0) is 30.2 Å². The van der Waals surface area contributed by atoms with Crippen molar-refractivity contribution in [2.45, 2.75) is 32.2 Å². The lowest BCUT2D eigenvalue weighted by molar-refractivity contribution is -0.709. The summed E-state index contributed by atoms with van der Waals surface area (Å²) in [4.78, 5) is 0. The Hall–Kier alpha value is -2.62.